The third-order valence-electron chi connectivity index (χ3n) is 3.97. The predicted octanol–water partition coefficient (Wildman–Crippen LogP) is 5.57. The van der Waals surface area contributed by atoms with Crippen molar-refractivity contribution < 1.29 is 9.90 Å². The van der Waals surface area contributed by atoms with E-state index in [4.69, 9.17) is 5.11 Å². The Labute approximate surface area is 166 Å². The standard InChI is InChI=1S/C21H20BrN3O2/c22-17-10-8-15(9-11-17)13-23-19-6-1-2-7-20(19)25-18-5-3-4-16(12-18)14-24-21(26)27/h1-12,23-25H,13-14H2,(H,26,27). The van der Waals surface area contributed by atoms with Crippen LogP contribution >= 0.6 is 15.9 Å². The number of amides is 1. The van der Waals surface area contributed by atoms with Crippen molar-refractivity contribution >= 4 is 39.1 Å². The number of nitrogens with one attached hydrogen (secondary N) is 3. The fraction of sp³-hybridized carbons (Fsp3) is 0.0952. The summed E-state index contributed by atoms with van der Waals surface area (Å²) in [5, 5.41) is 18.0. The van der Waals surface area contributed by atoms with Gasteiger partial charge in [0.25, 0.3) is 0 Å². The summed E-state index contributed by atoms with van der Waals surface area (Å²) in [6.45, 7) is 0.989. The van der Waals surface area contributed by atoms with Crippen molar-refractivity contribution in [1.82, 2.24) is 5.32 Å². The number of carbonyl (C=O) groups is 1. The molecule has 0 spiro atoms. The first-order valence-corrected chi connectivity index (χ1v) is 9.29. The maximum atomic E-state index is 10.7. The van der Waals surface area contributed by atoms with Gasteiger partial charge in [-0.1, -0.05) is 52.3 Å². The van der Waals surface area contributed by atoms with Crippen molar-refractivity contribution in [2.24, 2.45) is 0 Å². The number of hydrogen-bond donors (Lipinski definition) is 4. The van der Waals surface area contributed by atoms with Crippen LogP contribution in [0.1, 0.15) is 11.1 Å². The molecule has 3 aromatic rings. The molecule has 0 aromatic heterocycles. The van der Waals surface area contributed by atoms with Crippen LogP contribution in [0.3, 0.4) is 0 Å². The van der Waals surface area contributed by atoms with Crippen molar-refractivity contribution in [1.29, 1.82) is 0 Å². The lowest BCUT2D eigenvalue weighted by atomic mass is 10.1. The van der Waals surface area contributed by atoms with Crippen molar-refractivity contribution in [3.8, 4) is 0 Å². The molecule has 0 radical (unpaired) electrons. The predicted molar refractivity (Wildman–Crippen MR) is 112 cm³/mol. The summed E-state index contributed by atoms with van der Waals surface area (Å²) >= 11 is 3.45. The average Bonchev–Trinajstić information content (AvgIpc) is 2.67. The Bertz CT molecular complexity index is 913. The third-order valence-corrected chi connectivity index (χ3v) is 4.50. The zero-order valence-corrected chi connectivity index (χ0v) is 16.2. The van der Waals surface area contributed by atoms with Crippen molar-refractivity contribution in [2.75, 3.05) is 10.6 Å². The molecule has 0 aliphatic rings. The Morgan fingerprint density at radius 2 is 1.59 bits per heavy atom. The normalized spacial score (nSPS) is 10.3. The first-order chi connectivity index (χ1) is 13.1. The molecular formula is C21H20BrN3O2. The molecule has 0 atom stereocenters. The number of rotatable bonds is 7. The summed E-state index contributed by atoms with van der Waals surface area (Å²) in [5.41, 5.74) is 4.93. The molecule has 5 nitrogen and oxygen atoms in total. The summed E-state index contributed by atoms with van der Waals surface area (Å²) in [6, 6.07) is 23.9. The lowest BCUT2D eigenvalue weighted by molar-refractivity contribution is 0.194. The van der Waals surface area contributed by atoms with E-state index >= 15 is 0 Å². The van der Waals surface area contributed by atoms with Gasteiger partial charge in [-0.3, -0.25) is 0 Å². The highest BCUT2D eigenvalue weighted by Crippen LogP contribution is 2.26. The van der Waals surface area contributed by atoms with Crippen molar-refractivity contribution in [2.45, 2.75) is 13.1 Å². The Balaban J connectivity index is 1.69. The SMILES string of the molecule is O=C(O)NCc1cccc(Nc2ccccc2NCc2ccc(Br)cc2)c1. The van der Waals surface area contributed by atoms with Gasteiger partial charge in [-0.2, -0.15) is 0 Å². The van der Waals surface area contributed by atoms with Gasteiger partial charge in [-0.15, -0.1) is 0 Å². The van der Waals surface area contributed by atoms with Crippen LogP contribution in [0.2, 0.25) is 0 Å². The molecule has 0 aliphatic carbocycles. The van der Waals surface area contributed by atoms with Crippen LogP contribution in [-0.4, -0.2) is 11.2 Å². The van der Waals surface area contributed by atoms with Gasteiger partial charge in [0.15, 0.2) is 0 Å². The van der Waals surface area contributed by atoms with Crippen molar-refractivity contribution in [3.63, 3.8) is 0 Å². The maximum absolute atomic E-state index is 10.7. The van der Waals surface area contributed by atoms with E-state index in [2.05, 4.69) is 44.0 Å². The summed E-state index contributed by atoms with van der Waals surface area (Å²) in [6.07, 6.45) is -1.03. The van der Waals surface area contributed by atoms with E-state index in [1.807, 2.05) is 60.7 Å². The second-order valence-electron chi connectivity index (χ2n) is 6.01. The number of halogens is 1. The van der Waals surface area contributed by atoms with Crippen LogP contribution < -0.4 is 16.0 Å². The maximum Gasteiger partial charge on any atom is 0.404 e. The molecular weight excluding hydrogens is 406 g/mol. The lowest BCUT2D eigenvalue weighted by Crippen LogP contribution is -2.19. The monoisotopic (exact) mass is 425 g/mol. The second kappa shape index (κ2) is 9.09. The Morgan fingerprint density at radius 3 is 2.33 bits per heavy atom. The minimum absolute atomic E-state index is 0.272. The molecule has 3 rings (SSSR count). The molecule has 0 saturated carbocycles. The largest absolute Gasteiger partial charge is 0.465 e. The number of benzene rings is 3. The minimum Gasteiger partial charge on any atom is -0.465 e. The van der Waals surface area contributed by atoms with Gasteiger partial charge in [-0.05, 0) is 47.5 Å². The van der Waals surface area contributed by atoms with Crippen molar-refractivity contribution in [3.05, 3.63) is 88.4 Å². The van der Waals surface area contributed by atoms with E-state index in [9.17, 15) is 4.79 Å². The minimum atomic E-state index is -1.03. The van der Waals surface area contributed by atoms with E-state index < -0.39 is 6.09 Å². The van der Waals surface area contributed by atoms with E-state index in [0.717, 1.165) is 27.1 Å². The molecule has 6 heteroatoms. The Kier molecular flexibility index (Phi) is 6.33. The first-order valence-electron chi connectivity index (χ1n) is 8.50. The fourth-order valence-corrected chi connectivity index (χ4v) is 2.90. The summed E-state index contributed by atoms with van der Waals surface area (Å²) < 4.78 is 1.06. The van der Waals surface area contributed by atoms with E-state index in [1.165, 1.54) is 5.56 Å². The molecule has 0 aliphatic heterocycles. The molecule has 4 N–H and O–H groups in total. The highest BCUT2D eigenvalue weighted by Gasteiger charge is 2.04. The number of para-hydroxylation sites is 2. The molecule has 138 valence electrons. The first kappa shape index (κ1) is 18.8. The van der Waals surface area contributed by atoms with Gasteiger partial charge >= 0.3 is 6.09 Å². The Morgan fingerprint density at radius 1 is 0.852 bits per heavy atom. The van der Waals surface area contributed by atoms with E-state index in [-0.39, 0.29) is 6.54 Å². The molecule has 0 unspecified atom stereocenters. The highest BCUT2D eigenvalue weighted by atomic mass is 79.9. The van der Waals surface area contributed by atoms with Gasteiger partial charge < -0.3 is 21.1 Å². The molecule has 0 heterocycles. The van der Waals surface area contributed by atoms with Gasteiger partial charge in [0.05, 0.1) is 11.4 Å². The van der Waals surface area contributed by atoms with Crippen LogP contribution in [0.25, 0.3) is 0 Å². The number of anilines is 3. The zero-order chi connectivity index (χ0) is 19.1. The topological polar surface area (TPSA) is 73.4 Å². The van der Waals surface area contributed by atoms with Crippen LogP contribution in [0, 0.1) is 0 Å². The fourth-order valence-electron chi connectivity index (χ4n) is 2.64. The average molecular weight is 426 g/mol. The van der Waals surface area contributed by atoms with Gasteiger partial charge in [-0.25, -0.2) is 4.79 Å². The highest BCUT2D eigenvalue weighted by molar-refractivity contribution is 9.10. The summed E-state index contributed by atoms with van der Waals surface area (Å²) in [7, 11) is 0. The van der Waals surface area contributed by atoms with E-state index in [1.54, 1.807) is 0 Å². The molecule has 1 amide bonds. The zero-order valence-electron chi connectivity index (χ0n) is 14.6. The van der Waals surface area contributed by atoms with Crippen LogP contribution in [-0.2, 0) is 13.1 Å². The second-order valence-corrected chi connectivity index (χ2v) is 6.93. The molecule has 0 bridgehead atoms. The van der Waals surface area contributed by atoms with E-state index in [0.29, 0.717) is 6.54 Å². The van der Waals surface area contributed by atoms with Gasteiger partial charge in [0.1, 0.15) is 0 Å². The van der Waals surface area contributed by atoms with Crippen LogP contribution in [0.15, 0.2) is 77.3 Å². The Hall–Kier alpha value is -2.99. The molecule has 27 heavy (non-hydrogen) atoms. The summed E-state index contributed by atoms with van der Waals surface area (Å²) in [5.74, 6) is 0. The summed E-state index contributed by atoms with van der Waals surface area (Å²) in [4.78, 5) is 10.7. The third kappa shape index (κ3) is 5.76. The smallest absolute Gasteiger partial charge is 0.404 e. The van der Waals surface area contributed by atoms with Crippen LogP contribution in [0.4, 0.5) is 21.9 Å². The number of hydrogen-bond acceptors (Lipinski definition) is 3. The quantitative estimate of drug-likeness (QED) is 0.399. The molecule has 0 saturated heterocycles. The lowest BCUT2D eigenvalue weighted by Gasteiger charge is -2.15. The molecule has 3 aromatic carbocycles. The number of carboxylic acid groups (broad SMARTS) is 1. The van der Waals surface area contributed by atoms with Gasteiger partial charge in [0, 0.05) is 23.2 Å². The van der Waals surface area contributed by atoms with Crippen LogP contribution in [0.5, 0.6) is 0 Å². The molecule has 0 fully saturated rings. The van der Waals surface area contributed by atoms with Gasteiger partial charge in [0.2, 0.25) is 0 Å².